The molecule has 16 heavy (non-hydrogen) atoms. The summed E-state index contributed by atoms with van der Waals surface area (Å²) in [5, 5.41) is 0. The maximum atomic E-state index is 10.7. The lowest BCUT2D eigenvalue weighted by Gasteiger charge is -2.04. The van der Waals surface area contributed by atoms with Crippen LogP contribution in [0.4, 0.5) is 0 Å². The van der Waals surface area contributed by atoms with Crippen molar-refractivity contribution in [3.05, 3.63) is 29.8 Å². The molecule has 4 nitrogen and oxygen atoms in total. The van der Waals surface area contributed by atoms with Gasteiger partial charge in [0, 0.05) is 6.42 Å². The molecule has 0 bridgehead atoms. The Bertz CT molecular complexity index is 333. The monoisotopic (exact) mass is 221 g/mol. The van der Waals surface area contributed by atoms with E-state index in [1.807, 2.05) is 12.1 Å². The Labute approximate surface area is 94.4 Å². The molecule has 0 spiro atoms. The molecule has 0 aliphatic rings. The SMILES string of the molecule is CC(=O)COc1ccc(CCC(N)=O)cc1. The minimum absolute atomic E-state index is 0.0159. The summed E-state index contributed by atoms with van der Waals surface area (Å²) in [6.07, 6.45) is 0.968. The average Bonchev–Trinajstić information content (AvgIpc) is 2.25. The average molecular weight is 221 g/mol. The number of ether oxygens (including phenoxy) is 1. The van der Waals surface area contributed by atoms with Gasteiger partial charge in [0.25, 0.3) is 0 Å². The van der Waals surface area contributed by atoms with Crippen molar-refractivity contribution in [2.75, 3.05) is 6.61 Å². The molecule has 0 fully saturated rings. The molecule has 0 unspecified atom stereocenters. The van der Waals surface area contributed by atoms with Crippen LogP contribution in [-0.2, 0) is 16.0 Å². The molecule has 86 valence electrons. The molecule has 0 heterocycles. The van der Waals surface area contributed by atoms with Gasteiger partial charge in [-0.2, -0.15) is 0 Å². The summed E-state index contributed by atoms with van der Waals surface area (Å²) in [4.78, 5) is 21.3. The van der Waals surface area contributed by atoms with Gasteiger partial charge in [-0.05, 0) is 31.0 Å². The predicted molar refractivity (Wildman–Crippen MR) is 60.1 cm³/mol. The topological polar surface area (TPSA) is 69.4 Å². The van der Waals surface area contributed by atoms with Crippen molar-refractivity contribution in [2.45, 2.75) is 19.8 Å². The Morgan fingerprint density at radius 1 is 1.25 bits per heavy atom. The van der Waals surface area contributed by atoms with Crippen molar-refractivity contribution in [1.82, 2.24) is 0 Å². The number of carbonyl (C=O) groups is 2. The lowest BCUT2D eigenvalue weighted by Crippen LogP contribution is -2.11. The fraction of sp³-hybridized carbons (Fsp3) is 0.333. The molecule has 0 aliphatic carbocycles. The maximum Gasteiger partial charge on any atom is 0.217 e. The molecule has 1 aromatic carbocycles. The van der Waals surface area contributed by atoms with Gasteiger partial charge in [-0.15, -0.1) is 0 Å². The van der Waals surface area contributed by atoms with Gasteiger partial charge in [-0.1, -0.05) is 12.1 Å². The van der Waals surface area contributed by atoms with Crippen molar-refractivity contribution >= 4 is 11.7 Å². The van der Waals surface area contributed by atoms with Crippen LogP contribution in [0.3, 0.4) is 0 Å². The van der Waals surface area contributed by atoms with Gasteiger partial charge in [0.05, 0.1) is 0 Å². The lowest BCUT2D eigenvalue weighted by atomic mass is 10.1. The number of Topliss-reactive ketones (excluding diaryl/α,β-unsaturated/α-hetero) is 1. The van der Waals surface area contributed by atoms with E-state index in [1.165, 1.54) is 6.92 Å². The molecule has 0 atom stereocenters. The third kappa shape index (κ3) is 4.59. The molecule has 0 radical (unpaired) electrons. The highest BCUT2D eigenvalue weighted by atomic mass is 16.5. The zero-order valence-electron chi connectivity index (χ0n) is 9.23. The van der Waals surface area contributed by atoms with Crippen LogP contribution in [-0.4, -0.2) is 18.3 Å². The fourth-order valence-electron chi connectivity index (χ4n) is 1.20. The molecule has 0 aromatic heterocycles. The van der Waals surface area contributed by atoms with Gasteiger partial charge in [-0.3, -0.25) is 9.59 Å². The molecule has 1 aromatic rings. The zero-order chi connectivity index (χ0) is 12.0. The number of aryl methyl sites for hydroxylation is 1. The zero-order valence-corrected chi connectivity index (χ0v) is 9.23. The smallest absolute Gasteiger partial charge is 0.217 e. The Hall–Kier alpha value is -1.84. The highest BCUT2D eigenvalue weighted by molar-refractivity contribution is 5.77. The molecule has 0 aliphatic heterocycles. The highest BCUT2D eigenvalue weighted by Gasteiger charge is 1.99. The number of primary amides is 1. The standard InChI is InChI=1S/C12H15NO3/c1-9(14)8-16-11-5-2-10(3-6-11)4-7-12(13)15/h2-3,5-6H,4,7-8H2,1H3,(H2,13,15). The van der Waals surface area contributed by atoms with E-state index < -0.39 is 0 Å². The number of benzene rings is 1. The van der Waals surface area contributed by atoms with Crippen molar-refractivity contribution < 1.29 is 14.3 Å². The number of hydrogen-bond donors (Lipinski definition) is 1. The number of hydrogen-bond acceptors (Lipinski definition) is 3. The lowest BCUT2D eigenvalue weighted by molar-refractivity contribution is -0.119. The first-order valence-electron chi connectivity index (χ1n) is 5.07. The van der Waals surface area contributed by atoms with E-state index in [2.05, 4.69) is 0 Å². The second-order valence-corrected chi connectivity index (χ2v) is 3.60. The van der Waals surface area contributed by atoms with Crippen LogP contribution in [0.2, 0.25) is 0 Å². The molecular weight excluding hydrogens is 206 g/mol. The number of ketones is 1. The molecule has 1 rings (SSSR count). The Kier molecular flexibility index (Phi) is 4.51. The van der Waals surface area contributed by atoms with Crippen molar-refractivity contribution in [3.8, 4) is 5.75 Å². The molecule has 4 heteroatoms. The summed E-state index contributed by atoms with van der Waals surface area (Å²) in [5.41, 5.74) is 6.07. The Balaban J connectivity index is 2.47. The van der Waals surface area contributed by atoms with Crippen LogP contribution in [0, 0.1) is 0 Å². The van der Waals surface area contributed by atoms with Crippen molar-refractivity contribution in [2.24, 2.45) is 5.73 Å². The third-order valence-electron chi connectivity index (χ3n) is 2.03. The summed E-state index contributed by atoms with van der Waals surface area (Å²) in [7, 11) is 0. The van der Waals surface area contributed by atoms with E-state index in [1.54, 1.807) is 12.1 Å². The predicted octanol–water partition coefficient (Wildman–Crippen LogP) is 1.07. The first-order chi connectivity index (χ1) is 7.58. The first-order valence-corrected chi connectivity index (χ1v) is 5.07. The van der Waals surface area contributed by atoms with Crippen LogP contribution in [0.1, 0.15) is 18.9 Å². The number of carbonyl (C=O) groups excluding carboxylic acids is 2. The van der Waals surface area contributed by atoms with Gasteiger partial charge in [0.2, 0.25) is 5.91 Å². The van der Waals surface area contributed by atoms with Gasteiger partial charge in [0.1, 0.15) is 12.4 Å². The summed E-state index contributed by atoms with van der Waals surface area (Å²) in [6.45, 7) is 1.56. The number of amides is 1. The summed E-state index contributed by atoms with van der Waals surface area (Å²) < 4.78 is 5.21. The number of rotatable bonds is 6. The van der Waals surface area contributed by atoms with E-state index >= 15 is 0 Å². The third-order valence-corrected chi connectivity index (χ3v) is 2.03. The Morgan fingerprint density at radius 2 is 1.88 bits per heavy atom. The van der Waals surface area contributed by atoms with Crippen LogP contribution in [0.25, 0.3) is 0 Å². The highest BCUT2D eigenvalue weighted by Crippen LogP contribution is 2.13. The van der Waals surface area contributed by atoms with Gasteiger partial charge in [0.15, 0.2) is 5.78 Å². The van der Waals surface area contributed by atoms with Gasteiger partial charge in [-0.25, -0.2) is 0 Å². The maximum absolute atomic E-state index is 10.7. The minimum atomic E-state index is -0.308. The van der Waals surface area contributed by atoms with Crippen LogP contribution >= 0.6 is 0 Å². The van der Waals surface area contributed by atoms with Crippen molar-refractivity contribution in [3.63, 3.8) is 0 Å². The van der Waals surface area contributed by atoms with E-state index in [0.717, 1.165) is 5.56 Å². The fourth-order valence-corrected chi connectivity index (χ4v) is 1.20. The molecule has 0 saturated heterocycles. The van der Waals surface area contributed by atoms with E-state index in [-0.39, 0.29) is 18.3 Å². The summed E-state index contributed by atoms with van der Waals surface area (Å²) in [5.74, 6) is 0.327. The van der Waals surface area contributed by atoms with Crippen LogP contribution < -0.4 is 10.5 Å². The van der Waals surface area contributed by atoms with Crippen LogP contribution in [0.5, 0.6) is 5.75 Å². The second kappa shape index (κ2) is 5.90. The second-order valence-electron chi connectivity index (χ2n) is 3.60. The number of nitrogens with two attached hydrogens (primary N) is 1. The summed E-state index contributed by atoms with van der Waals surface area (Å²) >= 11 is 0. The summed E-state index contributed by atoms with van der Waals surface area (Å²) in [6, 6.07) is 7.27. The van der Waals surface area contributed by atoms with E-state index in [9.17, 15) is 9.59 Å². The molecule has 0 saturated carbocycles. The van der Waals surface area contributed by atoms with E-state index in [0.29, 0.717) is 18.6 Å². The first kappa shape index (κ1) is 12.2. The normalized spacial score (nSPS) is 9.81. The molecule has 1 amide bonds. The van der Waals surface area contributed by atoms with Gasteiger partial charge >= 0.3 is 0 Å². The van der Waals surface area contributed by atoms with Gasteiger partial charge < -0.3 is 10.5 Å². The van der Waals surface area contributed by atoms with Crippen LogP contribution in [0.15, 0.2) is 24.3 Å². The molecule has 2 N–H and O–H groups in total. The van der Waals surface area contributed by atoms with Crippen molar-refractivity contribution in [1.29, 1.82) is 0 Å². The Morgan fingerprint density at radius 3 is 2.38 bits per heavy atom. The minimum Gasteiger partial charge on any atom is -0.486 e. The molecular formula is C12H15NO3. The largest absolute Gasteiger partial charge is 0.486 e. The van der Waals surface area contributed by atoms with E-state index in [4.69, 9.17) is 10.5 Å². The quantitative estimate of drug-likeness (QED) is 0.781.